The zero-order valence-electron chi connectivity index (χ0n) is 13.2. The molecule has 1 fully saturated rings. The molecule has 1 saturated carbocycles. The fourth-order valence-electron chi connectivity index (χ4n) is 2.25. The molecule has 0 unspecified atom stereocenters. The molecule has 3 rings (SSSR count). The average molecular weight is 362 g/mol. The average Bonchev–Trinajstić information content (AvgIpc) is 3.41. The minimum absolute atomic E-state index is 0.0234. The lowest BCUT2D eigenvalue weighted by Gasteiger charge is -2.09. The van der Waals surface area contributed by atoms with Crippen LogP contribution in [0.15, 0.2) is 53.4 Å². The molecule has 2 N–H and O–H groups in total. The van der Waals surface area contributed by atoms with E-state index >= 15 is 0 Å². The molecule has 0 aliphatic heterocycles. The van der Waals surface area contributed by atoms with Gasteiger partial charge in [-0.05, 0) is 55.3 Å². The summed E-state index contributed by atoms with van der Waals surface area (Å²) in [5.74, 6) is -2.75. The van der Waals surface area contributed by atoms with Gasteiger partial charge in [-0.15, -0.1) is 0 Å². The first kappa shape index (κ1) is 17.4. The summed E-state index contributed by atoms with van der Waals surface area (Å²) in [6, 6.07) is 12.9. The van der Waals surface area contributed by atoms with Crippen molar-refractivity contribution in [2.75, 3.05) is 10.6 Å². The number of hydrogen-bond donors (Lipinski definition) is 2. The molecular weight excluding hydrogens is 346 g/mol. The molecule has 130 valence electrons. The van der Waals surface area contributed by atoms with Crippen LogP contribution in [-0.4, -0.2) is 17.6 Å². The highest BCUT2D eigenvalue weighted by Gasteiger charge is 2.29. The normalized spacial score (nSPS) is 13.6. The van der Waals surface area contributed by atoms with E-state index in [1.54, 1.807) is 36.4 Å². The Morgan fingerprint density at radius 1 is 1.00 bits per heavy atom. The molecule has 1 aliphatic rings. The second kappa shape index (κ2) is 7.65. The van der Waals surface area contributed by atoms with Crippen LogP contribution in [0.3, 0.4) is 0 Å². The van der Waals surface area contributed by atoms with Gasteiger partial charge in [0.15, 0.2) is 0 Å². The van der Waals surface area contributed by atoms with Crippen LogP contribution >= 0.6 is 11.8 Å². The number of nitrogens with one attached hydrogen (secondary N) is 2. The number of rotatable bonds is 6. The van der Waals surface area contributed by atoms with Gasteiger partial charge in [0.05, 0.1) is 0 Å². The van der Waals surface area contributed by atoms with Crippen molar-refractivity contribution in [3.05, 3.63) is 54.1 Å². The molecule has 25 heavy (non-hydrogen) atoms. The Hall–Kier alpha value is -2.41. The predicted molar refractivity (Wildman–Crippen MR) is 94.1 cm³/mol. The van der Waals surface area contributed by atoms with Gasteiger partial charge in [-0.25, -0.2) is 0 Å². The number of anilines is 2. The van der Waals surface area contributed by atoms with Gasteiger partial charge in [0.25, 0.3) is 11.7 Å². The fraction of sp³-hybridized carbons (Fsp3) is 0.222. The maximum atomic E-state index is 12.3. The smallest absolute Gasteiger partial charge is 0.288 e. The van der Waals surface area contributed by atoms with Crippen LogP contribution in [0, 0.1) is 5.92 Å². The first-order valence-electron chi connectivity index (χ1n) is 7.78. The van der Waals surface area contributed by atoms with Crippen LogP contribution in [0.4, 0.5) is 20.2 Å². The van der Waals surface area contributed by atoms with Gasteiger partial charge in [0, 0.05) is 27.8 Å². The number of carbonyl (C=O) groups is 2. The van der Waals surface area contributed by atoms with E-state index in [2.05, 4.69) is 10.6 Å². The van der Waals surface area contributed by atoms with E-state index in [1.165, 1.54) is 12.1 Å². The molecule has 0 aromatic heterocycles. The van der Waals surface area contributed by atoms with Gasteiger partial charge in [0.2, 0.25) is 5.91 Å². The Kier molecular flexibility index (Phi) is 5.33. The molecule has 0 radical (unpaired) electrons. The third-order valence-corrected chi connectivity index (χ3v) is 4.40. The molecule has 4 nitrogen and oxygen atoms in total. The van der Waals surface area contributed by atoms with Crippen LogP contribution < -0.4 is 10.6 Å². The molecular formula is C18H16F2N2O2S. The van der Waals surface area contributed by atoms with Crippen LogP contribution in [-0.2, 0) is 4.79 Å². The van der Waals surface area contributed by atoms with Gasteiger partial charge >= 0.3 is 0 Å². The molecule has 2 aromatic rings. The highest BCUT2D eigenvalue weighted by atomic mass is 32.2. The van der Waals surface area contributed by atoms with Gasteiger partial charge in [0.1, 0.15) is 0 Å². The van der Waals surface area contributed by atoms with Crippen LogP contribution in [0.2, 0.25) is 0 Å². The molecule has 0 saturated heterocycles. The number of carbonyl (C=O) groups excluding carboxylic acids is 2. The zero-order chi connectivity index (χ0) is 17.8. The molecule has 2 amide bonds. The largest absolute Gasteiger partial charge is 0.326 e. The minimum Gasteiger partial charge on any atom is -0.326 e. The molecule has 2 aromatic carbocycles. The number of hydrogen-bond acceptors (Lipinski definition) is 3. The minimum atomic E-state index is -2.48. The number of thioether (sulfide) groups is 1. The maximum Gasteiger partial charge on any atom is 0.288 e. The Morgan fingerprint density at radius 2 is 1.72 bits per heavy atom. The Bertz CT molecular complexity index is 777. The van der Waals surface area contributed by atoms with E-state index in [0.29, 0.717) is 33.6 Å². The molecule has 1 aliphatic carbocycles. The lowest BCUT2D eigenvalue weighted by Crippen LogP contribution is -2.15. The van der Waals surface area contributed by atoms with E-state index in [0.717, 1.165) is 12.8 Å². The summed E-state index contributed by atoms with van der Waals surface area (Å²) >= 11 is 0.451. The number of benzene rings is 2. The third-order valence-electron chi connectivity index (χ3n) is 3.68. The second-order valence-corrected chi connectivity index (χ2v) is 6.76. The first-order chi connectivity index (χ1) is 12.0. The highest BCUT2D eigenvalue weighted by Crippen LogP contribution is 2.30. The number of alkyl halides is 2. The highest BCUT2D eigenvalue weighted by molar-refractivity contribution is 7.99. The van der Waals surface area contributed by atoms with Crippen molar-refractivity contribution >= 4 is 35.0 Å². The van der Waals surface area contributed by atoms with Crippen molar-refractivity contribution < 1.29 is 18.4 Å². The molecule has 0 atom stereocenters. The summed E-state index contributed by atoms with van der Waals surface area (Å²) in [7, 11) is 0. The molecule has 0 bridgehead atoms. The lowest BCUT2D eigenvalue weighted by molar-refractivity contribution is -0.117. The first-order valence-corrected chi connectivity index (χ1v) is 8.66. The maximum absolute atomic E-state index is 12.3. The van der Waals surface area contributed by atoms with Crippen LogP contribution in [0.25, 0.3) is 0 Å². The van der Waals surface area contributed by atoms with Gasteiger partial charge in [-0.2, -0.15) is 8.78 Å². The lowest BCUT2D eigenvalue weighted by atomic mass is 10.1. The van der Waals surface area contributed by atoms with Crippen molar-refractivity contribution in [1.29, 1.82) is 0 Å². The van der Waals surface area contributed by atoms with Crippen molar-refractivity contribution in [2.45, 2.75) is 23.5 Å². The predicted octanol–water partition coefficient (Wildman–Crippen LogP) is 4.60. The third kappa shape index (κ3) is 5.03. The van der Waals surface area contributed by atoms with Crippen molar-refractivity contribution in [3.63, 3.8) is 0 Å². The van der Waals surface area contributed by atoms with E-state index < -0.39 is 5.76 Å². The molecule has 7 heteroatoms. The standard InChI is InChI=1S/C18H16F2N2O2S/c19-18(20)25-15-8-6-13(7-9-15)21-17(24)12-2-1-3-14(10-12)22-16(23)11-4-5-11/h1-3,6-11,18H,4-5H2,(H,21,24)(H,22,23). The van der Waals surface area contributed by atoms with Crippen molar-refractivity contribution in [1.82, 2.24) is 0 Å². The summed E-state index contributed by atoms with van der Waals surface area (Å²) in [6.45, 7) is 0. The quantitative estimate of drug-likeness (QED) is 0.738. The van der Waals surface area contributed by atoms with Crippen LogP contribution in [0.5, 0.6) is 0 Å². The van der Waals surface area contributed by atoms with Crippen LogP contribution in [0.1, 0.15) is 23.2 Å². The van der Waals surface area contributed by atoms with E-state index in [9.17, 15) is 18.4 Å². The summed E-state index contributed by atoms with van der Waals surface area (Å²) in [5.41, 5.74) is 1.49. The van der Waals surface area contributed by atoms with E-state index in [-0.39, 0.29) is 17.7 Å². The van der Waals surface area contributed by atoms with Gasteiger partial charge in [-0.1, -0.05) is 17.8 Å². The topological polar surface area (TPSA) is 58.2 Å². The fourth-order valence-corrected chi connectivity index (χ4v) is 2.75. The second-order valence-electron chi connectivity index (χ2n) is 5.70. The van der Waals surface area contributed by atoms with Gasteiger partial charge < -0.3 is 10.6 Å². The van der Waals surface area contributed by atoms with E-state index in [1.807, 2.05) is 0 Å². The van der Waals surface area contributed by atoms with Crippen molar-refractivity contribution in [2.24, 2.45) is 5.92 Å². The molecule has 0 spiro atoms. The zero-order valence-corrected chi connectivity index (χ0v) is 14.0. The Morgan fingerprint density at radius 3 is 2.36 bits per heavy atom. The van der Waals surface area contributed by atoms with E-state index in [4.69, 9.17) is 0 Å². The van der Waals surface area contributed by atoms with Crippen molar-refractivity contribution in [3.8, 4) is 0 Å². The Balaban J connectivity index is 1.63. The summed E-state index contributed by atoms with van der Waals surface area (Å²) in [4.78, 5) is 24.5. The summed E-state index contributed by atoms with van der Waals surface area (Å²) < 4.78 is 24.6. The number of halogens is 2. The molecule has 0 heterocycles. The van der Waals surface area contributed by atoms with Gasteiger partial charge in [-0.3, -0.25) is 9.59 Å². The summed E-state index contributed by atoms with van der Waals surface area (Å²) in [6.07, 6.45) is 1.82. The monoisotopic (exact) mass is 362 g/mol. The number of amides is 2. The summed E-state index contributed by atoms with van der Waals surface area (Å²) in [5, 5.41) is 5.50. The Labute approximate surface area is 148 Å². The SMILES string of the molecule is O=C(Nc1ccc(SC(F)F)cc1)c1cccc(NC(=O)C2CC2)c1.